The molecule has 1 atom stereocenters. The maximum absolute atomic E-state index is 12.2. The Balaban J connectivity index is 2.37. The van der Waals surface area contributed by atoms with E-state index in [2.05, 4.69) is 23.9 Å². The maximum atomic E-state index is 12.2. The summed E-state index contributed by atoms with van der Waals surface area (Å²) in [6.45, 7) is 7.49. The zero-order valence-electron chi connectivity index (χ0n) is 12.6. The summed E-state index contributed by atoms with van der Waals surface area (Å²) >= 11 is 0. The summed E-state index contributed by atoms with van der Waals surface area (Å²) in [6, 6.07) is 0.154. The van der Waals surface area contributed by atoms with Crippen LogP contribution in [0.4, 0.5) is 0 Å². The molecule has 0 aromatic heterocycles. The summed E-state index contributed by atoms with van der Waals surface area (Å²) < 4.78 is 27.3. The van der Waals surface area contributed by atoms with Gasteiger partial charge in [-0.25, -0.2) is 13.1 Å². The second-order valence-corrected chi connectivity index (χ2v) is 7.93. The quantitative estimate of drug-likeness (QED) is 0.674. The summed E-state index contributed by atoms with van der Waals surface area (Å²) in [5, 5.41) is 2.82. The molecule has 114 valence electrons. The Morgan fingerprint density at radius 3 is 2.32 bits per heavy atom. The van der Waals surface area contributed by atoms with Gasteiger partial charge in [-0.3, -0.25) is 0 Å². The molecule has 0 saturated heterocycles. The van der Waals surface area contributed by atoms with Gasteiger partial charge in [-0.2, -0.15) is 0 Å². The fourth-order valence-electron chi connectivity index (χ4n) is 2.63. The Hall–Kier alpha value is -0.130. The second kappa shape index (κ2) is 8.22. The summed E-state index contributed by atoms with van der Waals surface area (Å²) in [6.07, 6.45) is 6.55. The van der Waals surface area contributed by atoms with Crippen LogP contribution >= 0.6 is 0 Å². The summed E-state index contributed by atoms with van der Waals surface area (Å²) in [5.74, 6) is 0.796. The average Bonchev–Trinajstić information content (AvgIpc) is 2.39. The molecule has 2 N–H and O–H groups in total. The van der Waals surface area contributed by atoms with Gasteiger partial charge in [0.05, 0.1) is 5.25 Å². The lowest BCUT2D eigenvalue weighted by atomic mass is 9.85. The molecule has 1 aliphatic carbocycles. The van der Waals surface area contributed by atoms with Crippen molar-refractivity contribution < 1.29 is 8.42 Å². The molecule has 0 heterocycles. The Morgan fingerprint density at radius 1 is 1.16 bits per heavy atom. The molecule has 0 aromatic carbocycles. The molecule has 0 radical (unpaired) electrons. The first-order valence-corrected chi connectivity index (χ1v) is 9.26. The number of sulfonamides is 1. The number of hydrogen-bond acceptors (Lipinski definition) is 3. The van der Waals surface area contributed by atoms with E-state index in [0.29, 0.717) is 6.54 Å². The summed E-state index contributed by atoms with van der Waals surface area (Å²) in [7, 11) is -3.18. The van der Waals surface area contributed by atoms with E-state index in [1.807, 2.05) is 0 Å². The molecule has 0 amide bonds. The second-order valence-electron chi connectivity index (χ2n) is 5.80. The summed E-state index contributed by atoms with van der Waals surface area (Å²) in [5.41, 5.74) is 0. The van der Waals surface area contributed by atoms with Gasteiger partial charge in [-0.15, -0.1) is 0 Å². The van der Waals surface area contributed by atoms with Crippen molar-refractivity contribution in [3.63, 3.8) is 0 Å². The van der Waals surface area contributed by atoms with Crippen molar-refractivity contribution in [3.8, 4) is 0 Å². The van der Waals surface area contributed by atoms with E-state index in [1.54, 1.807) is 6.92 Å². The summed E-state index contributed by atoms with van der Waals surface area (Å²) in [4.78, 5) is 0. The van der Waals surface area contributed by atoms with Crippen LogP contribution in [0.25, 0.3) is 0 Å². The van der Waals surface area contributed by atoms with Crippen molar-refractivity contribution in [1.82, 2.24) is 10.0 Å². The van der Waals surface area contributed by atoms with E-state index in [-0.39, 0.29) is 11.3 Å². The molecular formula is C14H30N2O2S. The lowest BCUT2D eigenvalue weighted by Gasteiger charge is -2.29. The largest absolute Gasteiger partial charge is 0.315 e. The maximum Gasteiger partial charge on any atom is 0.215 e. The highest BCUT2D eigenvalue weighted by molar-refractivity contribution is 7.90. The van der Waals surface area contributed by atoms with Crippen LogP contribution in [0.15, 0.2) is 0 Å². The lowest BCUT2D eigenvalue weighted by molar-refractivity contribution is 0.306. The predicted molar refractivity (Wildman–Crippen MR) is 80.7 cm³/mol. The number of hydrogen-bond donors (Lipinski definition) is 2. The van der Waals surface area contributed by atoms with E-state index < -0.39 is 10.0 Å². The van der Waals surface area contributed by atoms with Gasteiger partial charge in [-0.1, -0.05) is 20.3 Å². The molecule has 1 rings (SSSR count). The Bertz CT molecular complexity index is 335. The van der Waals surface area contributed by atoms with Crippen molar-refractivity contribution in [2.24, 2.45) is 5.92 Å². The first-order chi connectivity index (χ1) is 8.99. The van der Waals surface area contributed by atoms with Crippen molar-refractivity contribution in [1.29, 1.82) is 0 Å². The molecule has 0 spiro atoms. The Kier molecular flexibility index (Phi) is 7.32. The van der Waals surface area contributed by atoms with Crippen LogP contribution in [0.5, 0.6) is 0 Å². The molecule has 1 saturated carbocycles. The van der Waals surface area contributed by atoms with Gasteiger partial charge in [0.15, 0.2) is 0 Å². The standard InChI is InChI=1S/C14H30N2O2S/c1-4-10-15-11-12(3)19(17,18)16-14-8-6-13(5-2)7-9-14/h12-16H,4-11H2,1-3H3. The van der Waals surface area contributed by atoms with Crippen LogP contribution in [-0.2, 0) is 10.0 Å². The lowest BCUT2D eigenvalue weighted by Crippen LogP contribution is -2.44. The van der Waals surface area contributed by atoms with Gasteiger partial charge in [-0.05, 0) is 51.5 Å². The fraction of sp³-hybridized carbons (Fsp3) is 1.00. The van der Waals surface area contributed by atoms with E-state index >= 15 is 0 Å². The molecule has 1 fully saturated rings. The topological polar surface area (TPSA) is 58.2 Å². The van der Waals surface area contributed by atoms with Crippen LogP contribution in [-0.4, -0.2) is 32.8 Å². The molecule has 19 heavy (non-hydrogen) atoms. The SMILES string of the molecule is CCCNCC(C)S(=O)(=O)NC1CCC(CC)CC1. The van der Waals surface area contributed by atoms with Gasteiger partial charge in [0, 0.05) is 12.6 Å². The molecule has 0 aliphatic heterocycles. The van der Waals surface area contributed by atoms with Gasteiger partial charge >= 0.3 is 0 Å². The van der Waals surface area contributed by atoms with Crippen molar-refractivity contribution >= 4 is 10.0 Å². The Labute approximate surface area is 118 Å². The minimum absolute atomic E-state index is 0.154. The van der Waals surface area contributed by atoms with E-state index in [9.17, 15) is 8.42 Å². The molecule has 0 bridgehead atoms. The third-order valence-corrected chi connectivity index (χ3v) is 6.03. The number of rotatable bonds is 8. The third-order valence-electron chi connectivity index (χ3n) is 4.14. The highest BCUT2D eigenvalue weighted by atomic mass is 32.2. The first-order valence-electron chi connectivity index (χ1n) is 7.71. The van der Waals surface area contributed by atoms with E-state index in [4.69, 9.17) is 0 Å². The van der Waals surface area contributed by atoms with Gasteiger partial charge in [0.1, 0.15) is 0 Å². The zero-order valence-corrected chi connectivity index (χ0v) is 13.4. The van der Waals surface area contributed by atoms with Crippen molar-refractivity contribution in [3.05, 3.63) is 0 Å². The first kappa shape index (κ1) is 16.9. The molecular weight excluding hydrogens is 260 g/mol. The van der Waals surface area contributed by atoms with E-state index in [1.165, 1.54) is 6.42 Å². The number of nitrogens with one attached hydrogen (secondary N) is 2. The molecule has 1 aliphatic rings. The minimum atomic E-state index is -3.18. The van der Waals surface area contributed by atoms with Crippen LogP contribution in [0.1, 0.15) is 59.3 Å². The van der Waals surface area contributed by atoms with Crippen LogP contribution in [0.3, 0.4) is 0 Å². The average molecular weight is 290 g/mol. The third kappa shape index (κ3) is 5.79. The molecule has 1 unspecified atom stereocenters. The smallest absolute Gasteiger partial charge is 0.215 e. The van der Waals surface area contributed by atoms with Crippen LogP contribution in [0.2, 0.25) is 0 Å². The minimum Gasteiger partial charge on any atom is -0.315 e. The van der Waals surface area contributed by atoms with Gasteiger partial charge in [0.2, 0.25) is 10.0 Å². The van der Waals surface area contributed by atoms with Crippen LogP contribution in [0, 0.1) is 5.92 Å². The Morgan fingerprint density at radius 2 is 1.79 bits per heavy atom. The van der Waals surface area contributed by atoms with Crippen molar-refractivity contribution in [2.75, 3.05) is 13.1 Å². The normalized spacial score (nSPS) is 26.3. The zero-order chi connectivity index (χ0) is 14.3. The fourth-order valence-corrected chi connectivity index (χ4v) is 3.90. The van der Waals surface area contributed by atoms with E-state index in [0.717, 1.165) is 44.6 Å². The van der Waals surface area contributed by atoms with Gasteiger partial charge < -0.3 is 5.32 Å². The van der Waals surface area contributed by atoms with Crippen LogP contribution < -0.4 is 10.0 Å². The molecule has 4 nitrogen and oxygen atoms in total. The van der Waals surface area contributed by atoms with Crippen molar-refractivity contribution in [2.45, 2.75) is 70.6 Å². The highest BCUT2D eigenvalue weighted by Crippen LogP contribution is 2.26. The predicted octanol–water partition coefficient (Wildman–Crippen LogP) is 2.26. The molecule has 0 aromatic rings. The monoisotopic (exact) mass is 290 g/mol. The van der Waals surface area contributed by atoms with Gasteiger partial charge in [0.25, 0.3) is 0 Å². The molecule has 5 heteroatoms. The highest BCUT2D eigenvalue weighted by Gasteiger charge is 2.27.